The minimum Gasteiger partial charge on any atom is -0.358 e. The second-order valence-corrected chi connectivity index (χ2v) is 4.82. The number of benzene rings is 1. The monoisotopic (exact) mass is 274 g/mol. The highest BCUT2D eigenvalue weighted by atomic mass is 35.5. The van der Waals surface area contributed by atoms with E-state index in [4.69, 9.17) is 11.6 Å². The Morgan fingerprint density at radius 1 is 1.21 bits per heavy atom. The number of pyridine rings is 1. The van der Waals surface area contributed by atoms with Gasteiger partial charge in [0.15, 0.2) is 6.17 Å². The molecule has 0 saturated carbocycles. The number of rotatable bonds is 2. The van der Waals surface area contributed by atoms with Crippen molar-refractivity contribution in [1.82, 2.24) is 9.97 Å². The molecule has 3 rings (SSSR count). The lowest BCUT2D eigenvalue weighted by molar-refractivity contribution is 0.403. The molecule has 1 aromatic carbocycles. The summed E-state index contributed by atoms with van der Waals surface area (Å²) in [5.74, 6) is 0. The van der Waals surface area contributed by atoms with Crippen molar-refractivity contribution in [2.45, 2.75) is 13.1 Å². The van der Waals surface area contributed by atoms with Crippen molar-refractivity contribution in [2.75, 3.05) is 0 Å². The largest absolute Gasteiger partial charge is 0.358 e. The maximum Gasteiger partial charge on any atom is 0.153 e. The van der Waals surface area contributed by atoms with Crippen LogP contribution in [0.15, 0.2) is 42.6 Å². The van der Waals surface area contributed by atoms with Gasteiger partial charge in [0, 0.05) is 22.8 Å². The van der Waals surface area contributed by atoms with Crippen molar-refractivity contribution in [2.24, 2.45) is 0 Å². The standard InChI is InChI=1S/C15H12ClFN2/c1-9-12(14(17)10-5-3-2-4-6-10)13-11(19-9)7-8-18-15(13)16/h2-8,14,19H,1H3. The Morgan fingerprint density at radius 3 is 2.68 bits per heavy atom. The van der Waals surface area contributed by atoms with Gasteiger partial charge >= 0.3 is 0 Å². The Kier molecular flexibility index (Phi) is 2.99. The fourth-order valence-electron chi connectivity index (χ4n) is 2.36. The average molecular weight is 275 g/mol. The zero-order chi connectivity index (χ0) is 13.4. The number of aromatic amines is 1. The van der Waals surface area contributed by atoms with E-state index in [0.717, 1.165) is 11.2 Å². The van der Waals surface area contributed by atoms with Gasteiger partial charge < -0.3 is 4.98 Å². The molecular weight excluding hydrogens is 263 g/mol. The number of aromatic nitrogens is 2. The van der Waals surface area contributed by atoms with Crippen LogP contribution in [-0.2, 0) is 0 Å². The van der Waals surface area contributed by atoms with Crippen LogP contribution in [0.2, 0.25) is 5.15 Å². The Morgan fingerprint density at radius 2 is 1.95 bits per heavy atom. The molecule has 1 unspecified atom stereocenters. The van der Waals surface area contributed by atoms with Gasteiger partial charge in [0.2, 0.25) is 0 Å². The first-order chi connectivity index (χ1) is 9.18. The zero-order valence-electron chi connectivity index (χ0n) is 10.3. The Labute approximate surface area is 115 Å². The molecule has 1 N–H and O–H groups in total. The van der Waals surface area contributed by atoms with E-state index in [1.54, 1.807) is 24.4 Å². The van der Waals surface area contributed by atoms with Gasteiger partial charge in [0.25, 0.3) is 0 Å². The maximum absolute atomic E-state index is 14.8. The van der Waals surface area contributed by atoms with Crippen LogP contribution in [0.3, 0.4) is 0 Å². The minimum absolute atomic E-state index is 0.329. The van der Waals surface area contributed by atoms with E-state index < -0.39 is 6.17 Å². The molecular formula is C15H12ClFN2. The molecule has 2 aromatic heterocycles. The summed E-state index contributed by atoms with van der Waals surface area (Å²) in [5, 5.41) is 0.994. The summed E-state index contributed by atoms with van der Waals surface area (Å²) in [4.78, 5) is 7.19. The SMILES string of the molecule is Cc1[nH]c2ccnc(Cl)c2c1C(F)c1ccccc1. The van der Waals surface area contributed by atoms with Gasteiger partial charge in [0.1, 0.15) is 5.15 Å². The number of hydrogen-bond acceptors (Lipinski definition) is 1. The summed E-state index contributed by atoms with van der Waals surface area (Å²) in [6.45, 7) is 1.85. The van der Waals surface area contributed by atoms with E-state index in [9.17, 15) is 4.39 Å². The van der Waals surface area contributed by atoms with Gasteiger partial charge in [-0.05, 0) is 18.6 Å². The molecule has 0 bridgehead atoms. The number of alkyl halides is 1. The van der Waals surface area contributed by atoms with Gasteiger partial charge in [-0.3, -0.25) is 0 Å². The van der Waals surface area contributed by atoms with Crippen molar-refractivity contribution >= 4 is 22.5 Å². The molecule has 2 nitrogen and oxygen atoms in total. The topological polar surface area (TPSA) is 28.7 Å². The lowest BCUT2D eigenvalue weighted by Gasteiger charge is -2.09. The average Bonchev–Trinajstić information content (AvgIpc) is 2.76. The number of H-pyrrole nitrogens is 1. The number of halogens is 2. The fourth-order valence-corrected chi connectivity index (χ4v) is 2.62. The highest BCUT2D eigenvalue weighted by Crippen LogP contribution is 2.36. The zero-order valence-corrected chi connectivity index (χ0v) is 11.1. The maximum atomic E-state index is 14.8. The molecule has 3 aromatic rings. The lowest BCUT2D eigenvalue weighted by atomic mass is 10.0. The second-order valence-electron chi connectivity index (χ2n) is 4.46. The van der Waals surface area contributed by atoms with Crippen LogP contribution in [0, 0.1) is 6.92 Å². The van der Waals surface area contributed by atoms with Crippen LogP contribution in [-0.4, -0.2) is 9.97 Å². The minimum atomic E-state index is -1.21. The van der Waals surface area contributed by atoms with Crippen LogP contribution >= 0.6 is 11.6 Å². The first-order valence-electron chi connectivity index (χ1n) is 6.00. The second kappa shape index (κ2) is 4.67. The Hall–Kier alpha value is -1.87. The molecule has 0 amide bonds. The normalized spacial score (nSPS) is 12.8. The summed E-state index contributed by atoms with van der Waals surface area (Å²) >= 11 is 6.11. The third-order valence-electron chi connectivity index (χ3n) is 3.25. The van der Waals surface area contributed by atoms with Crippen molar-refractivity contribution in [3.63, 3.8) is 0 Å². The summed E-state index contributed by atoms with van der Waals surface area (Å²) < 4.78 is 14.8. The first kappa shape index (κ1) is 12.2. The van der Waals surface area contributed by atoms with Gasteiger partial charge in [0.05, 0.1) is 5.52 Å². The summed E-state index contributed by atoms with van der Waals surface area (Å²) in [6.07, 6.45) is 0.400. The number of nitrogens with zero attached hydrogens (tertiary/aromatic N) is 1. The van der Waals surface area contributed by atoms with Crippen LogP contribution in [0.5, 0.6) is 0 Å². The third-order valence-corrected chi connectivity index (χ3v) is 3.53. The molecule has 0 fully saturated rings. The molecule has 1 atom stereocenters. The van der Waals surface area contributed by atoms with Gasteiger partial charge in [-0.15, -0.1) is 0 Å². The molecule has 0 aliphatic heterocycles. The van der Waals surface area contributed by atoms with E-state index >= 15 is 0 Å². The third kappa shape index (κ3) is 2.00. The van der Waals surface area contributed by atoms with E-state index in [2.05, 4.69) is 9.97 Å². The van der Waals surface area contributed by atoms with E-state index in [0.29, 0.717) is 21.7 Å². The molecule has 0 saturated heterocycles. The fraction of sp³-hybridized carbons (Fsp3) is 0.133. The Balaban J connectivity index is 2.23. The van der Waals surface area contributed by atoms with Gasteiger partial charge in [-0.2, -0.15) is 0 Å². The summed E-state index contributed by atoms with van der Waals surface area (Å²) in [7, 11) is 0. The van der Waals surface area contributed by atoms with E-state index in [-0.39, 0.29) is 0 Å². The van der Waals surface area contributed by atoms with Gasteiger partial charge in [-0.25, -0.2) is 9.37 Å². The molecule has 2 heterocycles. The van der Waals surface area contributed by atoms with Crippen LogP contribution < -0.4 is 0 Å². The molecule has 0 spiro atoms. The number of nitrogens with one attached hydrogen (secondary N) is 1. The lowest BCUT2D eigenvalue weighted by Crippen LogP contribution is -1.96. The quantitative estimate of drug-likeness (QED) is 0.681. The summed E-state index contributed by atoms with van der Waals surface area (Å²) in [6, 6.07) is 10.9. The van der Waals surface area contributed by atoms with Crippen molar-refractivity contribution in [3.05, 3.63) is 64.6 Å². The van der Waals surface area contributed by atoms with Crippen LogP contribution in [0.1, 0.15) is 23.0 Å². The number of fused-ring (bicyclic) bond motifs is 1. The molecule has 19 heavy (non-hydrogen) atoms. The molecule has 0 aliphatic carbocycles. The summed E-state index contributed by atoms with van der Waals surface area (Å²) in [5.41, 5.74) is 2.78. The van der Waals surface area contributed by atoms with Crippen molar-refractivity contribution in [3.8, 4) is 0 Å². The van der Waals surface area contributed by atoms with E-state index in [1.807, 2.05) is 25.1 Å². The molecule has 0 radical (unpaired) electrons. The number of aryl methyl sites for hydroxylation is 1. The molecule has 96 valence electrons. The molecule has 4 heteroatoms. The number of hydrogen-bond donors (Lipinski definition) is 1. The van der Waals surface area contributed by atoms with E-state index in [1.165, 1.54) is 0 Å². The van der Waals surface area contributed by atoms with Gasteiger partial charge in [-0.1, -0.05) is 41.9 Å². The van der Waals surface area contributed by atoms with Crippen molar-refractivity contribution in [1.29, 1.82) is 0 Å². The van der Waals surface area contributed by atoms with Crippen LogP contribution in [0.4, 0.5) is 4.39 Å². The van der Waals surface area contributed by atoms with Crippen LogP contribution in [0.25, 0.3) is 10.9 Å². The Bertz CT molecular complexity index is 722. The van der Waals surface area contributed by atoms with Crippen molar-refractivity contribution < 1.29 is 4.39 Å². The highest BCUT2D eigenvalue weighted by Gasteiger charge is 2.21. The molecule has 0 aliphatic rings. The smallest absolute Gasteiger partial charge is 0.153 e. The first-order valence-corrected chi connectivity index (χ1v) is 6.38. The highest BCUT2D eigenvalue weighted by molar-refractivity contribution is 6.34. The predicted molar refractivity (Wildman–Crippen MR) is 75.2 cm³/mol. The predicted octanol–water partition coefficient (Wildman–Crippen LogP) is 4.58.